The lowest BCUT2D eigenvalue weighted by Gasteiger charge is -2.14. The lowest BCUT2D eigenvalue weighted by atomic mass is 10.1. The first kappa shape index (κ1) is 14.3. The summed E-state index contributed by atoms with van der Waals surface area (Å²) in [4.78, 5) is 23.0. The molecule has 0 aliphatic carbocycles. The Kier molecular flexibility index (Phi) is 3.39. The van der Waals surface area contributed by atoms with Crippen LogP contribution in [0.5, 0.6) is 0 Å². The summed E-state index contributed by atoms with van der Waals surface area (Å²) >= 11 is 5.48. The van der Waals surface area contributed by atoms with Crippen LogP contribution in [-0.2, 0) is 6.54 Å². The van der Waals surface area contributed by atoms with E-state index in [1.54, 1.807) is 6.92 Å². The highest BCUT2D eigenvalue weighted by Crippen LogP contribution is 2.32. The molecule has 1 heterocycles. The zero-order valence-corrected chi connectivity index (χ0v) is 11.0. The van der Waals surface area contributed by atoms with Gasteiger partial charge in [-0.05, 0) is 6.92 Å². The number of anilines is 1. The van der Waals surface area contributed by atoms with Gasteiger partial charge in [0.1, 0.15) is 10.6 Å². The van der Waals surface area contributed by atoms with Crippen LogP contribution in [0, 0.1) is 11.6 Å². The van der Waals surface area contributed by atoms with E-state index in [9.17, 15) is 18.4 Å². The molecule has 1 aromatic carbocycles. The molecule has 0 radical (unpaired) electrons. The third-order valence-electron chi connectivity index (χ3n) is 2.95. The molecular weight excluding hydrogens is 294 g/mol. The van der Waals surface area contributed by atoms with E-state index in [0.29, 0.717) is 0 Å². The summed E-state index contributed by atoms with van der Waals surface area (Å²) in [5, 5.41) is 7.61. The minimum Gasteiger partial charge on any atom is -0.477 e. The molecule has 5 nitrogen and oxygen atoms in total. The zero-order chi connectivity index (χ0) is 15.2. The van der Waals surface area contributed by atoms with Crippen LogP contribution in [-0.4, -0.2) is 15.6 Å². The molecule has 0 unspecified atom stereocenters. The third kappa shape index (κ3) is 1.82. The van der Waals surface area contributed by atoms with Crippen molar-refractivity contribution in [3.8, 4) is 0 Å². The summed E-state index contributed by atoms with van der Waals surface area (Å²) < 4.78 is 28.9. The first-order valence-electron chi connectivity index (χ1n) is 5.53. The van der Waals surface area contributed by atoms with Gasteiger partial charge < -0.3 is 15.4 Å². The van der Waals surface area contributed by atoms with Crippen LogP contribution in [0.2, 0.25) is 5.02 Å². The predicted molar refractivity (Wildman–Crippen MR) is 70.2 cm³/mol. The molecule has 3 N–H and O–H groups in total. The van der Waals surface area contributed by atoms with Crippen LogP contribution in [0.25, 0.3) is 10.9 Å². The number of carbonyl (C=O) groups is 1. The van der Waals surface area contributed by atoms with Gasteiger partial charge in [-0.2, -0.15) is 0 Å². The number of halogens is 3. The summed E-state index contributed by atoms with van der Waals surface area (Å²) in [6, 6.07) is 0. The van der Waals surface area contributed by atoms with Crippen molar-refractivity contribution in [1.82, 2.24) is 4.57 Å². The zero-order valence-electron chi connectivity index (χ0n) is 10.2. The molecule has 0 atom stereocenters. The molecule has 106 valence electrons. The van der Waals surface area contributed by atoms with Gasteiger partial charge in [0.15, 0.2) is 11.6 Å². The molecule has 0 fully saturated rings. The number of nitrogens with zero attached hydrogens (tertiary/aromatic N) is 1. The van der Waals surface area contributed by atoms with Gasteiger partial charge in [-0.15, -0.1) is 0 Å². The van der Waals surface area contributed by atoms with E-state index in [4.69, 9.17) is 22.4 Å². The maximum atomic E-state index is 14.1. The number of aryl methyl sites for hydroxylation is 1. The molecule has 0 bridgehead atoms. The van der Waals surface area contributed by atoms with Gasteiger partial charge in [-0.25, -0.2) is 13.6 Å². The molecule has 2 rings (SSSR count). The molecule has 2 aromatic rings. The number of fused-ring (bicyclic) bond motifs is 1. The molecule has 0 spiro atoms. The smallest absolute Gasteiger partial charge is 0.341 e. The number of carboxylic acids is 1. The summed E-state index contributed by atoms with van der Waals surface area (Å²) in [5.74, 6) is -3.93. The van der Waals surface area contributed by atoms with Crippen LogP contribution in [0.15, 0.2) is 11.0 Å². The topological polar surface area (TPSA) is 85.3 Å². The number of nitrogens with two attached hydrogens (primary N) is 1. The van der Waals surface area contributed by atoms with Crippen LogP contribution >= 0.6 is 11.6 Å². The minimum atomic E-state index is -1.51. The van der Waals surface area contributed by atoms with Crippen LogP contribution < -0.4 is 11.2 Å². The number of hydrogen-bond acceptors (Lipinski definition) is 3. The fraction of sp³-hybridized carbons (Fsp3) is 0.167. The number of hydrogen-bond donors (Lipinski definition) is 2. The Labute approximate surface area is 116 Å². The fourth-order valence-electron chi connectivity index (χ4n) is 1.98. The van der Waals surface area contributed by atoms with Gasteiger partial charge in [-0.1, -0.05) is 11.6 Å². The highest BCUT2D eigenvalue weighted by molar-refractivity contribution is 6.32. The van der Waals surface area contributed by atoms with Crippen LogP contribution in [0.4, 0.5) is 14.5 Å². The first-order valence-corrected chi connectivity index (χ1v) is 5.91. The molecule has 0 aliphatic heterocycles. The van der Waals surface area contributed by atoms with Crippen molar-refractivity contribution in [3.63, 3.8) is 0 Å². The van der Waals surface area contributed by atoms with Crippen molar-refractivity contribution in [2.75, 3.05) is 5.73 Å². The average molecular weight is 303 g/mol. The van der Waals surface area contributed by atoms with E-state index in [-0.39, 0.29) is 12.1 Å². The third-order valence-corrected chi connectivity index (χ3v) is 3.28. The van der Waals surface area contributed by atoms with Crippen molar-refractivity contribution < 1.29 is 18.7 Å². The number of aromatic carboxylic acids is 1. The Balaban J connectivity index is 3.18. The highest BCUT2D eigenvalue weighted by atomic mass is 35.5. The second kappa shape index (κ2) is 4.75. The lowest BCUT2D eigenvalue weighted by molar-refractivity contribution is 0.0695. The molecule has 0 saturated carbocycles. The Hall–Kier alpha value is -2.15. The van der Waals surface area contributed by atoms with Gasteiger partial charge in [0, 0.05) is 12.7 Å². The summed E-state index contributed by atoms with van der Waals surface area (Å²) in [6.45, 7) is 1.75. The van der Waals surface area contributed by atoms with Gasteiger partial charge >= 0.3 is 5.97 Å². The SMILES string of the molecule is CCn1cc(C(=O)O)c(=O)c2c(N)c(F)c(Cl)c(F)c21. The fourth-order valence-corrected chi connectivity index (χ4v) is 2.17. The van der Waals surface area contributed by atoms with Crippen molar-refractivity contribution in [3.05, 3.63) is 38.6 Å². The monoisotopic (exact) mass is 302 g/mol. The van der Waals surface area contributed by atoms with E-state index in [1.165, 1.54) is 0 Å². The van der Waals surface area contributed by atoms with E-state index in [2.05, 4.69) is 0 Å². The maximum absolute atomic E-state index is 14.1. The van der Waals surface area contributed by atoms with E-state index >= 15 is 0 Å². The van der Waals surface area contributed by atoms with Crippen LogP contribution in [0.1, 0.15) is 17.3 Å². The number of pyridine rings is 1. The quantitative estimate of drug-likeness (QED) is 0.658. The van der Waals surface area contributed by atoms with Gasteiger partial charge in [0.25, 0.3) is 0 Å². The summed E-state index contributed by atoms with van der Waals surface area (Å²) in [5.41, 5.74) is 2.80. The van der Waals surface area contributed by atoms with Crippen molar-refractivity contribution in [2.24, 2.45) is 0 Å². The molecule has 0 saturated heterocycles. The molecule has 0 aliphatic rings. The number of nitrogen functional groups attached to an aromatic ring is 1. The van der Waals surface area contributed by atoms with Crippen LogP contribution in [0.3, 0.4) is 0 Å². The molecule has 0 amide bonds. The van der Waals surface area contributed by atoms with Crippen molar-refractivity contribution in [1.29, 1.82) is 0 Å². The normalized spacial score (nSPS) is 11.0. The molecular formula is C12H9ClF2N2O3. The second-order valence-corrected chi connectivity index (χ2v) is 4.42. The van der Waals surface area contributed by atoms with Crippen molar-refractivity contribution >= 4 is 34.2 Å². The maximum Gasteiger partial charge on any atom is 0.341 e. The Morgan fingerprint density at radius 1 is 1.45 bits per heavy atom. The molecule has 1 aromatic heterocycles. The molecule has 20 heavy (non-hydrogen) atoms. The Morgan fingerprint density at radius 2 is 2.05 bits per heavy atom. The lowest BCUT2D eigenvalue weighted by Crippen LogP contribution is -2.21. The first-order chi connectivity index (χ1) is 9.31. The van der Waals surface area contributed by atoms with E-state index in [1.807, 2.05) is 0 Å². The summed E-state index contributed by atoms with van der Waals surface area (Å²) in [7, 11) is 0. The van der Waals surface area contributed by atoms with Gasteiger partial charge in [0.05, 0.1) is 16.6 Å². The second-order valence-electron chi connectivity index (χ2n) is 4.04. The average Bonchev–Trinajstić information content (AvgIpc) is 2.41. The number of benzene rings is 1. The van der Waals surface area contributed by atoms with E-state index in [0.717, 1.165) is 10.8 Å². The number of rotatable bonds is 2. The highest BCUT2D eigenvalue weighted by Gasteiger charge is 2.24. The van der Waals surface area contributed by atoms with Gasteiger partial charge in [0.2, 0.25) is 5.43 Å². The number of aromatic nitrogens is 1. The Morgan fingerprint density at radius 3 is 2.55 bits per heavy atom. The Bertz CT molecular complexity index is 802. The minimum absolute atomic E-state index is 0.148. The number of carboxylic acid groups (broad SMARTS) is 1. The standard InChI is InChI=1S/C12H9ClF2N2O3/c1-2-17-3-4(12(19)20)11(18)5-9(16)7(14)6(13)8(15)10(5)17/h3H,2,16H2,1H3,(H,19,20). The summed E-state index contributed by atoms with van der Waals surface area (Å²) in [6.07, 6.45) is 0.976. The largest absolute Gasteiger partial charge is 0.477 e. The van der Waals surface area contributed by atoms with Crippen molar-refractivity contribution in [2.45, 2.75) is 13.5 Å². The van der Waals surface area contributed by atoms with Gasteiger partial charge in [-0.3, -0.25) is 4.79 Å². The molecule has 8 heteroatoms. The predicted octanol–water partition coefficient (Wildman–Crippen LogP) is 2.23. The van der Waals surface area contributed by atoms with E-state index < -0.39 is 44.7 Å².